The Kier molecular flexibility index (Phi) is 3.08. The highest BCUT2D eigenvalue weighted by Crippen LogP contribution is 2.23. The molecule has 0 radical (unpaired) electrons. The van der Waals surface area contributed by atoms with E-state index in [2.05, 4.69) is 20.2 Å². The number of rotatable bonds is 2. The maximum Gasteiger partial charge on any atom is 0.182 e. The molecule has 26 heavy (non-hydrogen) atoms. The second kappa shape index (κ2) is 5.45. The van der Waals surface area contributed by atoms with E-state index in [1.54, 1.807) is 33.9 Å². The van der Waals surface area contributed by atoms with Gasteiger partial charge in [0.15, 0.2) is 17.1 Å². The van der Waals surface area contributed by atoms with Crippen LogP contribution in [0.5, 0.6) is 0 Å². The van der Waals surface area contributed by atoms with Gasteiger partial charge in [0.05, 0.1) is 17.3 Å². The number of nitrogens with zero attached hydrogens (tertiary/aromatic N) is 6. The molecule has 2 aromatic carbocycles. The predicted octanol–water partition coefficient (Wildman–Crippen LogP) is 3.58. The summed E-state index contributed by atoms with van der Waals surface area (Å²) < 4.78 is 16.8. The number of aromatic nitrogens is 6. The van der Waals surface area contributed by atoms with Crippen LogP contribution in [-0.2, 0) is 0 Å². The molecule has 0 amide bonds. The molecule has 0 fully saturated rings. The lowest BCUT2D eigenvalue weighted by atomic mass is 10.2. The third kappa shape index (κ3) is 2.25. The average Bonchev–Trinajstić information content (AvgIpc) is 3.26. The fourth-order valence-corrected chi connectivity index (χ4v) is 2.95. The summed E-state index contributed by atoms with van der Waals surface area (Å²) in [5.74, 6) is 0.124. The van der Waals surface area contributed by atoms with E-state index in [0.29, 0.717) is 22.7 Å². The zero-order valence-electron chi connectivity index (χ0n) is 13.8. The molecule has 5 rings (SSSR count). The van der Waals surface area contributed by atoms with Crippen LogP contribution in [0.3, 0.4) is 0 Å². The van der Waals surface area contributed by atoms with Gasteiger partial charge in [-0.1, -0.05) is 29.8 Å². The second-order valence-corrected chi connectivity index (χ2v) is 6.09. The quantitative estimate of drug-likeness (QED) is 0.491. The standard InChI is InChI=1S/C19H13FN6/c1-12-5-7-15(8-6-12)26-18-16(10-22-26)19-23-17(24-25(19)11-21-18)13-3-2-4-14(20)9-13/h2-11H,1H3. The van der Waals surface area contributed by atoms with Crippen molar-refractivity contribution in [1.82, 2.24) is 29.4 Å². The van der Waals surface area contributed by atoms with Crippen LogP contribution in [0.2, 0.25) is 0 Å². The van der Waals surface area contributed by atoms with Crippen molar-refractivity contribution >= 4 is 16.7 Å². The Bertz CT molecular complexity index is 1250. The molecule has 0 N–H and O–H groups in total. The van der Waals surface area contributed by atoms with Gasteiger partial charge in [-0.15, -0.1) is 5.10 Å². The maximum absolute atomic E-state index is 13.5. The van der Waals surface area contributed by atoms with E-state index in [-0.39, 0.29) is 5.82 Å². The van der Waals surface area contributed by atoms with Crippen LogP contribution in [0.15, 0.2) is 61.1 Å². The fraction of sp³-hybridized carbons (Fsp3) is 0.0526. The smallest absolute Gasteiger partial charge is 0.182 e. The first-order chi connectivity index (χ1) is 12.7. The Labute approximate surface area is 147 Å². The first-order valence-corrected chi connectivity index (χ1v) is 8.11. The van der Waals surface area contributed by atoms with Gasteiger partial charge in [0, 0.05) is 5.56 Å². The van der Waals surface area contributed by atoms with Crippen LogP contribution in [0.25, 0.3) is 33.8 Å². The lowest BCUT2D eigenvalue weighted by Crippen LogP contribution is -1.98. The summed E-state index contributed by atoms with van der Waals surface area (Å²) in [5, 5.41) is 9.64. The summed E-state index contributed by atoms with van der Waals surface area (Å²) in [5.41, 5.74) is 4.05. The summed E-state index contributed by atoms with van der Waals surface area (Å²) in [6.45, 7) is 2.04. The monoisotopic (exact) mass is 344 g/mol. The van der Waals surface area contributed by atoms with Crippen molar-refractivity contribution in [2.24, 2.45) is 0 Å². The van der Waals surface area contributed by atoms with Gasteiger partial charge < -0.3 is 0 Å². The number of halogens is 1. The number of fused-ring (bicyclic) bond motifs is 3. The number of hydrogen-bond donors (Lipinski definition) is 0. The molecule has 3 heterocycles. The normalized spacial score (nSPS) is 11.5. The minimum atomic E-state index is -0.322. The van der Waals surface area contributed by atoms with Crippen molar-refractivity contribution in [2.75, 3.05) is 0 Å². The number of hydrogen-bond acceptors (Lipinski definition) is 4. The average molecular weight is 344 g/mol. The van der Waals surface area contributed by atoms with Gasteiger partial charge in [0.2, 0.25) is 0 Å². The van der Waals surface area contributed by atoms with Gasteiger partial charge in [0.25, 0.3) is 0 Å². The molecule has 0 bridgehead atoms. The van der Waals surface area contributed by atoms with E-state index in [9.17, 15) is 4.39 Å². The molecule has 0 saturated carbocycles. The molecule has 0 aliphatic heterocycles. The minimum absolute atomic E-state index is 0.322. The van der Waals surface area contributed by atoms with Crippen molar-refractivity contribution in [3.05, 3.63) is 72.4 Å². The Morgan fingerprint density at radius 1 is 1.00 bits per heavy atom. The SMILES string of the molecule is Cc1ccc(-n2ncc3c2ncn2nc(-c4cccc(F)c4)nc32)cc1. The van der Waals surface area contributed by atoms with Gasteiger partial charge in [-0.2, -0.15) is 5.10 Å². The molecule has 0 saturated heterocycles. The van der Waals surface area contributed by atoms with E-state index in [1.807, 2.05) is 31.2 Å². The van der Waals surface area contributed by atoms with Crippen LogP contribution in [-0.4, -0.2) is 29.4 Å². The summed E-state index contributed by atoms with van der Waals surface area (Å²) >= 11 is 0. The van der Waals surface area contributed by atoms with E-state index in [4.69, 9.17) is 0 Å². The Morgan fingerprint density at radius 3 is 2.65 bits per heavy atom. The first-order valence-electron chi connectivity index (χ1n) is 8.11. The molecular formula is C19H13FN6. The topological polar surface area (TPSA) is 60.9 Å². The van der Waals surface area contributed by atoms with Crippen LogP contribution < -0.4 is 0 Å². The molecule has 0 atom stereocenters. The lowest BCUT2D eigenvalue weighted by molar-refractivity contribution is 0.628. The largest absolute Gasteiger partial charge is 0.216 e. The highest BCUT2D eigenvalue weighted by atomic mass is 19.1. The highest BCUT2D eigenvalue weighted by Gasteiger charge is 2.14. The molecule has 0 aliphatic rings. The van der Waals surface area contributed by atoms with Gasteiger partial charge in [-0.25, -0.2) is 23.6 Å². The molecular weight excluding hydrogens is 331 g/mol. The van der Waals surface area contributed by atoms with Crippen LogP contribution in [0.1, 0.15) is 5.56 Å². The fourth-order valence-electron chi connectivity index (χ4n) is 2.95. The maximum atomic E-state index is 13.5. The van der Waals surface area contributed by atoms with Crippen molar-refractivity contribution in [2.45, 2.75) is 6.92 Å². The third-order valence-corrected chi connectivity index (χ3v) is 4.27. The first kappa shape index (κ1) is 14.7. The molecule has 6 nitrogen and oxygen atoms in total. The molecule has 0 unspecified atom stereocenters. The van der Waals surface area contributed by atoms with Crippen LogP contribution >= 0.6 is 0 Å². The summed E-state index contributed by atoms with van der Waals surface area (Å²) in [6.07, 6.45) is 3.32. The van der Waals surface area contributed by atoms with Crippen molar-refractivity contribution in [3.8, 4) is 17.1 Å². The molecule has 0 spiro atoms. The van der Waals surface area contributed by atoms with Gasteiger partial charge >= 0.3 is 0 Å². The van der Waals surface area contributed by atoms with E-state index >= 15 is 0 Å². The third-order valence-electron chi connectivity index (χ3n) is 4.27. The van der Waals surface area contributed by atoms with Crippen molar-refractivity contribution in [3.63, 3.8) is 0 Å². The zero-order valence-corrected chi connectivity index (χ0v) is 13.8. The van der Waals surface area contributed by atoms with E-state index < -0.39 is 0 Å². The van der Waals surface area contributed by atoms with Gasteiger partial charge in [-0.3, -0.25) is 0 Å². The van der Waals surface area contributed by atoms with Crippen molar-refractivity contribution in [1.29, 1.82) is 0 Å². The highest BCUT2D eigenvalue weighted by molar-refractivity contribution is 5.89. The van der Waals surface area contributed by atoms with Crippen molar-refractivity contribution < 1.29 is 4.39 Å². The minimum Gasteiger partial charge on any atom is -0.216 e. The molecule has 0 aliphatic carbocycles. The second-order valence-electron chi connectivity index (χ2n) is 6.09. The van der Waals surface area contributed by atoms with E-state index in [0.717, 1.165) is 11.1 Å². The van der Waals surface area contributed by atoms with Gasteiger partial charge in [-0.05, 0) is 31.2 Å². The van der Waals surface area contributed by atoms with Crippen LogP contribution in [0.4, 0.5) is 4.39 Å². The molecule has 7 heteroatoms. The number of benzene rings is 2. The number of aryl methyl sites for hydroxylation is 1. The lowest BCUT2D eigenvalue weighted by Gasteiger charge is -2.03. The summed E-state index contributed by atoms with van der Waals surface area (Å²) in [7, 11) is 0. The molecule has 5 aromatic rings. The van der Waals surface area contributed by atoms with Gasteiger partial charge in [0.1, 0.15) is 12.1 Å². The Morgan fingerprint density at radius 2 is 1.85 bits per heavy atom. The molecule has 3 aromatic heterocycles. The van der Waals surface area contributed by atoms with E-state index in [1.165, 1.54) is 17.7 Å². The Balaban J connectivity index is 1.70. The molecule has 126 valence electrons. The summed E-state index contributed by atoms with van der Waals surface area (Å²) in [4.78, 5) is 9.04. The zero-order chi connectivity index (χ0) is 17.7. The Hall–Kier alpha value is -3.61. The van der Waals surface area contributed by atoms with Crippen LogP contribution in [0, 0.1) is 12.7 Å². The predicted molar refractivity (Wildman–Crippen MR) is 95.5 cm³/mol. The summed E-state index contributed by atoms with van der Waals surface area (Å²) in [6, 6.07) is 14.3.